The number of hydrogen-bond acceptors (Lipinski definition) is 8. The summed E-state index contributed by atoms with van der Waals surface area (Å²) in [5.74, 6) is -0.200. The van der Waals surface area contributed by atoms with Crippen LogP contribution < -0.4 is 5.32 Å². The highest BCUT2D eigenvalue weighted by Crippen LogP contribution is 2.22. The lowest BCUT2D eigenvalue weighted by Crippen LogP contribution is -2.60. The summed E-state index contributed by atoms with van der Waals surface area (Å²) in [6, 6.07) is -0.823. The lowest BCUT2D eigenvalue weighted by molar-refractivity contribution is -0.302. The fourth-order valence-corrected chi connectivity index (χ4v) is 7.00. The van der Waals surface area contributed by atoms with Gasteiger partial charge in [0.15, 0.2) is 6.29 Å². The molecule has 0 aromatic rings. The van der Waals surface area contributed by atoms with E-state index in [0.29, 0.717) is 6.42 Å². The Morgan fingerprint density at radius 3 is 1.60 bits per heavy atom. The van der Waals surface area contributed by atoms with Crippen LogP contribution in [0.2, 0.25) is 0 Å². The molecule has 55 heavy (non-hydrogen) atoms. The van der Waals surface area contributed by atoms with Crippen molar-refractivity contribution in [3.8, 4) is 0 Å². The number of nitrogens with one attached hydrogen (secondary N) is 1. The van der Waals surface area contributed by atoms with Crippen LogP contribution in [0.5, 0.6) is 0 Å². The van der Waals surface area contributed by atoms with Crippen LogP contribution in [0.25, 0.3) is 0 Å². The summed E-state index contributed by atoms with van der Waals surface area (Å²) in [6.45, 7) is 3.68. The predicted molar refractivity (Wildman–Crippen MR) is 226 cm³/mol. The number of carbonyl (C=O) groups is 1. The second-order valence-electron chi connectivity index (χ2n) is 15.8. The summed E-state index contributed by atoms with van der Waals surface area (Å²) < 4.78 is 11.2. The number of hydrogen-bond donors (Lipinski definition) is 6. The molecule has 0 aliphatic carbocycles. The van der Waals surface area contributed by atoms with E-state index in [1.807, 2.05) is 6.08 Å². The molecule has 1 heterocycles. The molecular weight excluding hydrogens is 695 g/mol. The van der Waals surface area contributed by atoms with Gasteiger partial charge in [0.05, 0.1) is 25.4 Å². The third-order valence-electron chi connectivity index (χ3n) is 10.7. The zero-order chi connectivity index (χ0) is 40.2. The third-order valence-corrected chi connectivity index (χ3v) is 10.7. The van der Waals surface area contributed by atoms with E-state index in [1.54, 1.807) is 6.08 Å². The maximum Gasteiger partial charge on any atom is 0.220 e. The Hall–Kier alpha value is -1.59. The molecule has 7 atom stereocenters. The number of allylic oxidation sites excluding steroid dienone is 5. The van der Waals surface area contributed by atoms with Gasteiger partial charge in [-0.05, 0) is 51.4 Å². The second-order valence-corrected chi connectivity index (χ2v) is 15.8. The first-order valence-electron chi connectivity index (χ1n) is 22.7. The molecule has 6 N–H and O–H groups in total. The summed E-state index contributed by atoms with van der Waals surface area (Å²) in [7, 11) is 0. The van der Waals surface area contributed by atoms with Gasteiger partial charge in [0, 0.05) is 6.42 Å². The molecule has 9 heteroatoms. The Labute approximate surface area is 336 Å². The largest absolute Gasteiger partial charge is 0.394 e. The second kappa shape index (κ2) is 36.7. The lowest BCUT2D eigenvalue weighted by Gasteiger charge is -2.40. The van der Waals surface area contributed by atoms with Crippen molar-refractivity contribution < 1.29 is 39.8 Å². The van der Waals surface area contributed by atoms with Crippen molar-refractivity contribution >= 4 is 5.91 Å². The van der Waals surface area contributed by atoms with Crippen LogP contribution in [0.4, 0.5) is 0 Å². The van der Waals surface area contributed by atoms with E-state index in [4.69, 9.17) is 9.47 Å². The van der Waals surface area contributed by atoms with Crippen molar-refractivity contribution in [1.29, 1.82) is 0 Å². The molecule has 1 fully saturated rings. The van der Waals surface area contributed by atoms with Crippen LogP contribution in [-0.4, -0.2) is 87.5 Å². The molecular formula is C46H85NO8. The van der Waals surface area contributed by atoms with Crippen LogP contribution in [0, 0.1) is 0 Å². The molecule has 0 aromatic carbocycles. The zero-order valence-corrected chi connectivity index (χ0v) is 35.2. The van der Waals surface area contributed by atoms with E-state index in [9.17, 15) is 30.3 Å². The molecule has 322 valence electrons. The van der Waals surface area contributed by atoms with Crippen LogP contribution >= 0.6 is 0 Å². The number of amides is 1. The van der Waals surface area contributed by atoms with E-state index in [2.05, 4.69) is 43.5 Å². The Morgan fingerprint density at radius 2 is 1.07 bits per heavy atom. The van der Waals surface area contributed by atoms with Gasteiger partial charge in [-0.2, -0.15) is 0 Å². The lowest BCUT2D eigenvalue weighted by atomic mass is 9.99. The van der Waals surface area contributed by atoms with Crippen molar-refractivity contribution in [3.63, 3.8) is 0 Å². The van der Waals surface area contributed by atoms with Gasteiger partial charge < -0.3 is 40.3 Å². The molecule has 1 aliphatic heterocycles. The van der Waals surface area contributed by atoms with Gasteiger partial charge in [-0.25, -0.2) is 0 Å². The minimum Gasteiger partial charge on any atom is -0.394 e. The van der Waals surface area contributed by atoms with Crippen LogP contribution in [0.3, 0.4) is 0 Å². The highest BCUT2D eigenvalue weighted by atomic mass is 16.7. The van der Waals surface area contributed by atoms with Gasteiger partial charge in [-0.15, -0.1) is 0 Å². The minimum atomic E-state index is -1.57. The monoisotopic (exact) mass is 780 g/mol. The maximum atomic E-state index is 12.9. The summed E-state index contributed by atoms with van der Waals surface area (Å²) in [4.78, 5) is 12.9. The average Bonchev–Trinajstić information content (AvgIpc) is 3.18. The van der Waals surface area contributed by atoms with E-state index < -0.39 is 49.5 Å². The molecule has 0 spiro atoms. The summed E-state index contributed by atoms with van der Waals surface area (Å²) >= 11 is 0. The fraction of sp³-hybridized carbons (Fsp3) is 0.848. The van der Waals surface area contributed by atoms with Gasteiger partial charge in [-0.1, -0.05) is 172 Å². The molecule has 1 saturated heterocycles. The topological polar surface area (TPSA) is 149 Å². The molecule has 7 unspecified atom stereocenters. The minimum absolute atomic E-state index is 0.200. The molecule has 0 saturated carbocycles. The first-order valence-corrected chi connectivity index (χ1v) is 22.7. The normalized spacial score (nSPS) is 21.6. The highest BCUT2D eigenvalue weighted by molar-refractivity contribution is 5.76. The van der Waals surface area contributed by atoms with Gasteiger partial charge in [-0.3, -0.25) is 4.79 Å². The number of rotatable bonds is 37. The van der Waals surface area contributed by atoms with Crippen molar-refractivity contribution in [2.75, 3.05) is 13.2 Å². The van der Waals surface area contributed by atoms with Crippen LogP contribution in [0.15, 0.2) is 36.5 Å². The number of unbranched alkanes of at least 4 members (excludes halogenated alkanes) is 23. The standard InChI is InChI=1S/C46H85NO8/c1-3-5-7-9-11-13-15-16-17-18-19-20-21-22-23-24-25-26-27-29-31-33-35-40(49)39(38-54-46-45(53)44(52)43(51)41(37-48)55-46)47-42(50)36-34-32-30-28-14-12-10-8-6-4-2/h8,10,26-27,33,35,39-41,43-46,48-49,51-53H,3-7,9,11-25,28-32,34,36-38H2,1-2H3,(H,47,50)/b10-8-,27-26+,35-33+. The number of ether oxygens (including phenoxy) is 2. The Balaban J connectivity index is 2.34. The number of carbonyl (C=O) groups excluding carboxylic acids is 1. The number of aliphatic hydroxyl groups excluding tert-OH is 5. The van der Waals surface area contributed by atoms with Gasteiger partial charge in [0.25, 0.3) is 0 Å². The van der Waals surface area contributed by atoms with Gasteiger partial charge >= 0.3 is 0 Å². The van der Waals surface area contributed by atoms with Crippen molar-refractivity contribution in [2.45, 2.75) is 236 Å². The van der Waals surface area contributed by atoms with Crippen molar-refractivity contribution in [1.82, 2.24) is 5.32 Å². The maximum absolute atomic E-state index is 12.9. The Bertz CT molecular complexity index is 956. The first kappa shape index (κ1) is 51.4. The molecule has 9 nitrogen and oxygen atoms in total. The molecule has 0 radical (unpaired) electrons. The smallest absolute Gasteiger partial charge is 0.220 e. The molecule has 0 aromatic heterocycles. The Kier molecular flexibility index (Phi) is 34.3. The summed E-state index contributed by atoms with van der Waals surface area (Å²) in [5, 5.41) is 54.0. The first-order chi connectivity index (χ1) is 26.8. The van der Waals surface area contributed by atoms with E-state index in [-0.39, 0.29) is 12.5 Å². The van der Waals surface area contributed by atoms with Crippen LogP contribution in [0.1, 0.15) is 194 Å². The van der Waals surface area contributed by atoms with Crippen LogP contribution in [-0.2, 0) is 14.3 Å². The van der Waals surface area contributed by atoms with Crippen molar-refractivity contribution in [3.05, 3.63) is 36.5 Å². The molecule has 1 amide bonds. The van der Waals surface area contributed by atoms with E-state index >= 15 is 0 Å². The Morgan fingerprint density at radius 1 is 0.600 bits per heavy atom. The number of aliphatic hydroxyl groups is 5. The average molecular weight is 780 g/mol. The van der Waals surface area contributed by atoms with Gasteiger partial charge in [0.2, 0.25) is 5.91 Å². The summed E-state index contributed by atoms with van der Waals surface area (Å²) in [5.41, 5.74) is 0. The van der Waals surface area contributed by atoms with E-state index in [1.165, 1.54) is 109 Å². The third kappa shape index (κ3) is 27.6. The molecule has 1 rings (SSSR count). The predicted octanol–water partition coefficient (Wildman–Crippen LogP) is 9.28. The van der Waals surface area contributed by atoms with Gasteiger partial charge in [0.1, 0.15) is 24.4 Å². The van der Waals surface area contributed by atoms with E-state index in [0.717, 1.165) is 64.2 Å². The quantitative estimate of drug-likeness (QED) is 0.0270. The molecule has 0 bridgehead atoms. The zero-order valence-electron chi connectivity index (χ0n) is 35.2. The molecule has 1 aliphatic rings. The fourth-order valence-electron chi connectivity index (χ4n) is 7.00. The highest BCUT2D eigenvalue weighted by Gasteiger charge is 2.44. The SMILES string of the molecule is CCC/C=C\CCCCCCCC(=O)NC(COC1OC(CO)C(O)C(O)C1O)C(O)/C=C/CC/C=C/CCCCCCCCCCCCCCCCCC. The van der Waals surface area contributed by atoms with Crippen molar-refractivity contribution in [2.24, 2.45) is 0 Å². The summed E-state index contributed by atoms with van der Waals surface area (Å²) in [6.07, 6.45) is 37.8.